The lowest BCUT2D eigenvalue weighted by Gasteiger charge is -2.17. The molecule has 0 heterocycles. The minimum Gasteiger partial charge on any atom is -0.492 e. The molecule has 0 radical (unpaired) electrons. The number of nitrogens with two attached hydrogens (primary N) is 1. The number of rotatable bonds is 8. The van der Waals surface area contributed by atoms with Crippen LogP contribution in [0, 0.1) is 6.92 Å². The molecule has 19 heavy (non-hydrogen) atoms. The summed E-state index contributed by atoms with van der Waals surface area (Å²) in [5.41, 5.74) is 6.43. The lowest BCUT2D eigenvalue weighted by molar-refractivity contribution is -0.135. The highest BCUT2D eigenvalue weighted by Crippen LogP contribution is 2.11. The van der Waals surface area contributed by atoms with Crippen molar-refractivity contribution in [2.24, 2.45) is 5.73 Å². The summed E-state index contributed by atoms with van der Waals surface area (Å²) in [7, 11) is 1.73. The first-order valence-corrected chi connectivity index (χ1v) is 6.34. The van der Waals surface area contributed by atoms with Gasteiger partial charge in [0.05, 0.1) is 13.2 Å². The minimum absolute atomic E-state index is 0.0676. The van der Waals surface area contributed by atoms with Crippen molar-refractivity contribution in [3.05, 3.63) is 29.8 Å². The van der Waals surface area contributed by atoms with Crippen LogP contribution in [-0.4, -0.2) is 50.8 Å². The van der Waals surface area contributed by atoms with E-state index in [1.807, 2.05) is 31.2 Å². The Morgan fingerprint density at radius 1 is 1.37 bits per heavy atom. The Bertz CT molecular complexity index is 396. The van der Waals surface area contributed by atoms with Crippen molar-refractivity contribution in [3.63, 3.8) is 0 Å². The van der Waals surface area contributed by atoms with Crippen molar-refractivity contribution >= 4 is 5.91 Å². The number of likely N-dealkylation sites (N-methyl/N-ethyl adjacent to an activating group) is 1. The first-order valence-electron chi connectivity index (χ1n) is 6.34. The van der Waals surface area contributed by atoms with E-state index in [9.17, 15) is 4.79 Å². The Balaban J connectivity index is 2.23. The molecule has 1 rings (SSSR count). The topological polar surface area (TPSA) is 64.8 Å². The molecule has 0 fully saturated rings. The van der Waals surface area contributed by atoms with Crippen LogP contribution in [0.25, 0.3) is 0 Å². The number of carbonyl (C=O) groups is 1. The Labute approximate surface area is 114 Å². The number of amides is 1. The smallest absolute Gasteiger partial charge is 0.248 e. The van der Waals surface area contributed by atoms with E-state index < -0.39 is 0 Å². The van der Waals surface area contributed by atoms with Crippen molar-refractivity contribution in [3.8, 4) is 5.75 Å². The third-order valence-corrected chi connectivity index (χ3v) is 2.60. The Hall–Kier alpha value is -1.59. The first kappa shape index (κ1) is 15.5. The van der Waals surface area contributed by atoms with Gasteiger partial charge in [0.1, 0.15) is 19.0 Å². The molecule has 2 N–H and O–H groups in total. The second kappa shape index (κ2) is 8.50. The van der Waals surface area contributed by atoms with Gasteiger partial charge in [-0.2, -0.15) is 0 Å². The monoisotopic (exact) mass is 266 g/mol. The minimum atomic E-state index is -0.0682. The highest BCUT2D eigenvalue weighted by atomic mass is 16.5. The van der Waals surface area contributed by atoms with Gasteiger partial charge < -0.3 is 20.1 Å². The van der Waals surface area contributed by atoms with Crippen LogP contribution in [0.2, 0.25) is 0 Å². The van der Waals surface area contributed by atoms with Crippen LogP contribution in [0.4, 0.5) is 0 Å². The van der Waals surface area contributed by atoms with Gasteiger partial charge in [-0.1, -0.05) is 12.1 Å². The molecule has 0 aromatic heterocycles. The lowest BCUT2D eigenvalue weighted by atomic mass is 10.2. The van der Waals surface area contributed by atoms with Crippen LogP contribution < -0.4 is 10.5 Å². The molecule has 106 valence electrons. The standard InChI is InChI=1S/C14H22N2O3/c1-12-4-3-5-13(10-12)19-9-7-16(2)14(17)11-18-8-6-15/h3-5,10H,6-9,11,15H2,1-2H3. The highest BCUT2D eigenvalue weighted by Gasteiger charge is 2.08. The van der Waals surface area contributed by atoms with E-state index in [2.05, 4.69) is 0 Å². The van der Waals surface area contributed by atoms with Crippen LogP contribution >= 0.6 is 0 Å². The summed E-state index contributed by atoms with van der Waals surface area (Å²) >= 11 is 0. The fourth-order valence-corrected chi connectivity index (χ4v) is 1.48. The summed E-state index contributed by atoms with van der Waals surface area (Å²) in [5.74, 6) is 0.751. The zero-order valence-corrected chi connectivity index (χ0v) is 11.6. The number of aryl methyl sites for hydroxylation is 1. The fraction of sp³-hybridized carbons (Fsp3) is 0.500. The molecule has 1 amide bonds. The maximum Gasteiger partial charge on any atom is 0.248 e. The van der Waals surface area contributed by atoms with Gasteiger partial charge in [0.2, 0.25) is 5.91 Å². The fourth-order valence-electron chi connectivity index (χ4n) is 1.48. The van der Waals surface area contributed by atoms with E-state index in [1.165, 1.54) is 0 Å². The maximum atomic E-state index is 11.6. The van der Waals surface area contributed by atoms with Crippen LogP contribution in [-0.2, 0) is 9.53 Å². The summed E-state index contributed by atoms with van der Waals surface area (Å²) in [6, 6.07) is 7.82. The number of ether oxygens (including phenoxy) is 2. The summed E-state index contributed by atoms with van der Waals surface area (Å²) < 4.78 is 10.7. The van der Waals surface area contributed by atoms with Gasteiger partial charge in [0.15, 0.2) is 0 Å². The van der Waals surface area contributed by atoms with Gasteiger partial charge in [-0.05, 0) is 24.6 Å². The Morgan fingerprint density at radius 2 is 2.16 bits per heavy atom. The number of carbonyl (C=O) groups excluding carboxylic acids is 1. The Morgan fingerprint density at radius 3 is 2.84 bits per heavy atom. The molecule has 0 saturated heterocycles. The van der Waals surface area contributed by atoms with Gasteiger partial charge in [0, 0.05) is 13.6 Å². The van der Waals surface area contributed by atoms with Crippen molar-refractivity contribution in [2.45, 2.75) is 6.92 Å². The molecule has 5 nitrogen and oxygen atoms in total. The molecule has 5 heteroatoms. The van der Waals surface area contributed by atoms with Crippen LogP contribution in [0.3, 0.4) is 0 Å². The molecule has 0 unspecified atom stereocenters. The number of benzene rings is 1. The molecule has 0 aliphatic heterocycles. The average Bonchev–Trinajstić information content (AvgIpc) is 2.39. The zero-order valence-electron chi connectivity index (χ0n) is 11.6. The summed E-state index contributed by atoms with van der Waals surface area (Å²) in [4.78, 5) is 13.2. The van der Waals surface area contributed by atoms with Crippen molar-refractivity contribution < 1.29 is 14.3 Å². The normalized spacial score (nSPS) is 10.3. The van der Waals surface area contributed by atoms with Crippen molar-refractivity contribution in [1.29, 1.82) is 0 Å². The van der Waals surface area contributed by atoms with E-state index in [-0.39, 0.29) is 12.5 Å². The van der Waals surface area contributed by atoms with Crippen molar-refractivity contribution in [2.75, 3.05) is 40.0 Å². The maximum absolute atomic E-state index is 11.6. The predicted octanol–water partition coefficient (Wildman–Crippen LogP) is 0.808. The number of hydrogen-bond acceptors (Lipinski definition) is 4. The molecule has 1 aromatic carbocycles. The summed E-state index contributed by atoms with van der Waals surface area (Å²) in [6.07, 6.45) is 0. The average molecular weight is 266 g/mol. The molecule has 0 bridgehead atoms. The van der Waals surface area contributed by atoms with E-state index in [4.69, 9.17) is 15.2 Å². The Kier molecular flexibility index (Phi) is 6.92. The number of hydrogen-bond donors (Lipinski definition) is 1. The van der Waals surface area contributed by atoms with E-state index in [1.54, 1.807) is 11.9 Å². The second-order valence-corrected chi connectivity index (χ2v) is 4.32. The van der Waals surface area contributed by atoms with Gasteiger partial charge >= 0.3 is 0 Å². The van der Waals surface area contributed by atoms with Gasteiger partial charge in [-0.25, -0.2) is 0 Å². The molecular weight excluding hydrogens is 244 g/mol. The highest BCUT2D eigenvalue weighted by molar-refractivity contribution is 5.77. The molecular formula is C14H22N2O3. The van der Waals surface area contributed by atoms with Gasteiger partial charge in [-0.3, -0.25) is 4.79 Å². The third-order valence-electron chi connectivity index (χ3n) is 2.60. The van der Waals surface area contributed by atoms with Gasteiger partial charge in [-0.15, -0.1) is 0 Å². The van der Waals surface area contributed by atoms with Crippen LogP contribution in [0.5, 0.6) is 5.75 Å². The molecule has 0 aliphatic rings. The zero-order chi connectivity index (χ0) is 14.1. The van der Waals surface area contributed by atoms with E-state index in [0.29, 0.717) is 26.3 Å². The molecule has 0 spiro atoms. The van der Waals surface area contributed by atoms with Crippen molar-refractivity contribution in [1.82, 2.24) is 4.90 Å². The SMILES string of the molecule is Cc1cccc(OCCN(C)C(=O)COCCN)c1. The number of nitrogens with zero attached hydrogens (tertiary/aromatic N) is 1. The van der Waals surface area contributed by atoms with E-state index >= 15 is 0 Å². The first-order chi connectivity index (χ1) is 9.13. The molecule has 0 aliphatic carbocycles. The molecule has 0 saturated carbocycles. The molecule has 1 aromatic rings. The third kappa shape index (κ3) is 6.22. The summed E-state index contributed by atoms with van der Waals surface area (Å²) in [6.45, 7) is 3.89. The molecule has 0 atom stereocenters. The van der Waals surface area contributed by atoms with Gasteiger partial charge in [0.25, 0.3) is 0 Å². The largest absolute Gasteiger partial charge is 0.492 e. The van der Waals surface area contributed by atoms with Crippen LogP contribution in [0.15, 0.2) is 24.3 Å². The predicted molar refractivity (Wildman–Crippen MR) is 74.2 cm³/mol. The second-order valence-electron chi connectivity index (χ2n) is 4.32. The lowest BCUT2D eigenvalue weighted by Crippen LogP contribution is -2.34. The quantitative estimate of drug-likeness (QED) is 0.707. The summed E-state index contributed by atoms with van der Waals surface area (Å²) in [5, 5.41) is 0. The van der Waals surface area contributed by atoms with Crippen LogP contribution in [0.1, 0.15) is 5.56 Å². The van der Waals surface area contributed by atoms with E-state index in [0.717, 1.165) is 11.3 Å².